The minimum absolute atomic E-state index is 0.0611. The maximum Gasteiger partial charge on any atom is 0.254 e. The molecule has 2 aromatic rings. The summed E-state index contributed by atoms with van der Waals surface area (Å²) in [6.07, 6.45) is 2.37. The lowest BCUT2D eigenvalue weighted by Crippen LogP contribution is -2.63. The van der Waals surface area contributed by atoms with Crippen molar-refractivity contribution in [2.24, 2.45) is 5.41 Å². The molecule has 0 N–H and O–H groups in total. The third-order valence-electron chi connectivity index (χ3n) is 5.57. The van der Waals surface area contributed by atoms with E-state index in [0.717, 1.165) is 13.1 Å². The highest BCUT2D eigenvalue weighted by Gasteiger charge is 2.53. The molecule has 25 heavy (non-hydrogen) atoms. The molecule has 0 radical (unpaired) electrons. The van der Waals surface area contributed by atoms with E-state index in [4.69, 9.17) is 9.47 Å². The fourth-order valence-electron chi connectivity index (χ4n) is 4.23. The lowest BCUT2D eigenvalue weighted by Gasteiger charge is -2.59. The van der Waals surface area contributed by atoms with Gasteiger partial charge in [0.1, 0.15) is 11.5 Å². The Balaban J connectivity index is 1.39. The van der Waals surface area contributed by atoms with Gasteiger partial charge in [0.2, 0.25) is 0 Å². The molecule has 1 aliphatic carbocycles. The van der Waals surface area contributed by atoms with Crippen LogP contribution in [0.15, 0.2) is 48.5 Å². The van der Waals surface area contributed by atoms with Crippen LogP contribution >= 0.6 is 0 Å². The summed E-state index contributed by atoms with van der Waals surface area (Å²) in [6.45, 7) is 1.71. The van der Waals surface area contributed by atoms with E-state index >= 15 is 0 Å². The zero-order valence-electron chi connectivity index (χ0n) is 14.7. The van der Waals surface area contributed by atoms with E-state index < -0.39 is 0 Å². The second-order valence-electron chi connectivity index (χ2n) is 7.28. The van der Waals surface area contributed by atoms with Crippen LogP contribution in [0.3, 0.4) is 0 Å². The van der Waals surface area contributed by atoms with Gasteiger partial charge in [-0.2, -0.15) is 0 Å². The topological polar surface area (TPSA) is 38.8 Å². The minimum Gasteiger partial charge on any atom is -0.497 e. The van der Waals surface area contributed by atoms with Crippen LogP contribution in [0.4, 0.5) is 0 Å². The Labute approximate surface area is 148 Å². The highest BCUT2D eigenvalue weighted by atomic mass is 16.5. The number of rotatable bonds is 4. The number of amides is 1. The van der Waals surface area contributed by atoms with Crippen molar-refractivity contribution in [3.63, 3.8) is 0 Å². The molecule has 0 bridgehead atoms. The van der Waals surface area contributed by atoms with Crippen LogP contribution in [0.5, 0.6) is 11.5 Å². The van der Waals surface area contributed by atoms with Gasteiger partial charge in [-0.1, -0.05) is 30.3 Å². The molecule has 0 atom stereocenters. The zero-order chi connectivity index (χ0) is 17.4. The molecule has 1 amide bonds. The molecule has 2 aliphatic rings. The normalized spacial score (nSPS) is 18.4. The molecular formula is C21H23NO3. The summed E-state index contributed by atoms with van der Waals surface area (Å²) in [4.78, 5) is 14.7. The van der Waals surface area contributed by atoms with Crippen LogP contribution in [0.2, 0.25) is 0 Å². The molecule has 4 rings (SSSR count). The van der Waals surface area contributed by atoms with Gasteiger partial charge in [0.25, 0.3) is 5.91 Å². The monoisotopic (exact) mass is 337 g/mol. The van der Waals surface area contributed by atoms with Gasteiger partial charge in [-0.05, 0) is 36.5 Å². The molecule has 0 aromatic heterocycles. The van der Waals surface area contributed by atoms with Crippen molar-refractivity contribution in [3.05, 3.63) is 59.7 Å². The molecule has 1 saturated heterocycles. The average molecular weight is 337 g/mol. The standard InChI is InChI=1S/C21H23NO3/c1-24-18-8-16(9-19(10-18)25-2)20(23)22-13-21(14-22)11-17(12-21)15-6-4-3-5-7-15/h3-10,17H,11-14H2,1-2H3. The number of hydrogen-bond donors (Lipinski definition) is 0. The van der Waals surface area contributed by atoms with Crippen LogP contribution in [-0.4, -0.2) is 38.1 Å². The highest BCUT2D eigenvalue weighted by Crippen LogP contribution is 2.56. The van der Waals surface area contributed by atoms with Gasteiger partial charge >= 0.3 is 0 Å². The number of nitrogens with zero attached hydrogens (tertiary/aromatic N) is 1. The summed E-state index contributed by atoms with van der Waals surface area (Å²) >= 11 is 0. The quantitative estimate of drug-likeness (QED) is 0.853. The van der Waals surface area contributed by atoms with Gasteiger partial charge in [-0.15, -0.1) is 0 Å². The van der Waals surface area contributed by atoms with Gasteiger partial charge in [-0.3, -0.25) is 4.79 Å². The van der Waals surface area contributed by atoms with Crippen molar-refractivity contribution in [3.8, 4) is 11.5 Å². The van der Waals surface area contributed by atoms with Crippen molar-refractivity contribution < 1.29 is 14.3 Å². The van der Waals surface area contributed by atoms with Crippen LogP contribution in [0.25, 0.3) is 0 Å². The molecular weight excluding hydrogens is 314 g/mol. The Morgan fingerprint density at radius 2 is 1.60 bits per heavy atom. The molecule has 1 spiro atoms. The minimum atomic E-state index is 0.0611. The van der Waals surface area contributed by atoms with Crippen LogP contribution in [-0.2, 0) is 0 Å². The number of benzene rings is 2. The van der Waals surface area contributed by atoms with Gasteiger partial charge < -0.3 is 14.4 Å². The van der Waals surface area contributed by atoms with Crippen molar-refractivity contribution in [2.45, 2.75) is 18.8 Å². The number of likely N-dealkylation sites (tertiary alicyclic amines) is 1. The Morgan fingerprint density at radius 3 is 2.16 bits per heavy atom. The van der Waals surface area contributed by atoms with E-state index in [1.54, 1.807) is 32.4 Å². The largest absolute Gasteiger partial charge is 0.497 e. The summed E-state index contributed by atoms with van der Waals surface area (Å²) in [7, 11) is 3.19. The molecule has 1 saturated carbocycles. The first-order valence-corrected chi connectivity index (χ1v) is 8.70. The van der Waals surface area contributed by atoms with Gasteiger partial charge in [0.15, 0.2) is 0 Å². The average Bonchev–Trinajstić information content (AvgIpc) is 2.59. The fraction of sp³-hybridized carbons (Fsp3) is 0.381. The fourth-order valence-corrected chi connectivity index (χ4v) is 4.23. The van der Waals surface area contributed by atoms with Gasteiger partial charge in [-0.25, -0.2) is 0 Å². The van der Waals surface area contributed by atoms with Crippen molar-refractivity contribution >= 4 is 5.91 Å². The van der Waals surface area contributed by atoms with Crippen molar-refractivity contribution in [2.75, 3.05) is 27.3 Å². The number of methoxy groups -OCH3 is 2. The summed E-state index contributed by atoms with van der Waals surface area (Å²) in [5.74, 6) is 2.00. The molecule has 4 heteroatoms. The lowest BCUT2D eigenvalue weighted by molar-refractivity contribution is -0.0554. The highest BCUT2D eigenvalue weighted by molar-refractivity contribution is 5.95. The second-order valence-corrected chi connectivity index (χ2v) is 7.28. The Kier molecular flexibility index (Phi) is 3.91. The SMILES string of the molecule is COc1cc(OC)cc(C(=O)N2CC3(CC(c4ccccc4)C3)C2)c1. The Hall–Kier alpha value is -2.49. The number of ether oxygens (including phenoxy) is 2. The van der Waals surface area contributed by atoms with E-state index in [0.29, 0.717) is 28.4 Å². The first-order chi connectivity index (χ1) is 12.1. The summed E-state index contributed by atoms with van der Waals surface area (Å²) < 4.78 is 10.5. The molecule has 2 aromatic carbocycles. The van der Waals surface area contributed by atoms with Crippen molar-refractivity contribution in [1.29, 1.82) is 0 Å². The molecule has 0 unspecified atom stereocenters. The van der Waals surface area contributed by atoms with Gasteiger partial charge in [0, 0.05) is 30.1 Å². The summed E-state index contributed by atoms with van der Waals surface area (Å²) in [5.41, 5.74) is 2.39. The Morgan fingerprint density at radius 1 is 1.00 bits per heavy atom. The lowest BCUT2D eigenvalue weighted by atomic mass is 9.56. The third kappa shape index (κ3) is 2.86. The smallest absolute Gasteiger partial charge is 0.254 e. The first-order valence-electron chi connectivity index (χ1n) is 8.70. The van der Waals surface area contributed by atoms with E-state index in [-0.39, 0.29) is 5.91 Å². The number of carbonyl (C=O) groups excluding carboxylic acids is 1. The van der Waals surface area contributed by atoms with Crippen LogP contribution in [0.1, 0.15) is 34.7 Å². The number of hydrogen-bond acceptors (Lipinski definition) is 3. The predicted molar refractivity (Wildman–Crippen MR) is 96.3 cm³/mol. The van der Waals surface area contributed by atoms with Crippen LogP contribution < -0.4 is 9.47 Å². The molecule has 1 heterocycles. The summed E-state index contributed by atoms with van der Waals surface area (Å²) in [6, 6.07) is 16.0. The predicted octanol–water partition coefficient (Wildman–Crippen LogP) is 3.72. The third-order valence-corrected chi connectivity index (χ3v) is 5.57. The molecule has 1 aliphatic heterocycles. The number of carbonyl (C=O) groups is 1. The van der Waals surface area contributed by atoms with Crippen molar-refractivity contribution in [1.82, 2.24) is 4.90 Å². The van der Waals surface area contributed by atoms with E-state index in [1.165, 1.54) is 18.4 Å². The Bertz CT molecular complexity index is 751. The van der Waals surface area contributed by atoms with E-state index in [9.17, 15) is 4.79 Å². The molecule has 4 nitrogen and oxygen atoms in total. The summed E-state index contributed by atoms with van der Waals surface area (Å²) in [5, 5.41) is 0. The maximum atomic E-state index is 12.8. The maximum absolute atomic E-state index is 12.8. The molecule has 130 valence electrons. The second kappa shape index (κ2) is 6.10. The zero-order valence-corrected chi connectivity index (χ0v) is 14.7. The van der Waals surface area contributed by atoms with E-state index in [1.807, 2.05) is 4.90 Å². The van der Waals surface area contributed by atoms with E-state index in [2.05, 4.69) is 30.3 Å². The first kappa shape index (κ1) is 16.0. The molecule has 2 fully saturated rings. The van der Waals surface area contributed by atoms with Gasteiger partial charge in [0.05, 0.1) is 14.2 Å². The van der Waals surface area contributed by atoms with Crippen LogP contribution in [0, 0.1) is 5.41 Å².